The van der Waals surface area contributed by atoms with Crippen LogP contribution in [0.4, 0.5) is 0 Å². The molecule has 0 radical (unpaired) electrons. The third-order valence-corrected chi connectivity index (χ3v) is 3.82. The van der Waals surface area contributed by atoms with Crippen LogP contribution in [-0.2, 0) is 28.7 Å². The number of rotatable bonds is 2. The Morgan fingerprint density at radius 2 is 1.61 bits per heavy atom. The van der Waals surface area contributed by atoms with Crippen LogP contribution in [-0.4, -0.2) is 30.8 Å². The van der Waals surface area contributed by atoms with Crippen LogP contribution in [0.1, 0.15) is 19.8 Å². The van der Waals surface area contributed by atoms with Crippen LogP contribution in [0.2, 0.25) is 0 Å². The molecule has 18 heavy (non-hydrogen) atoms. The van der Waals surface area contributed by atoms with E-state index in [1.807, 2.05) is 0 Å². The van der Waals surface area contributed by atoms with Crippen molar-refractivity contribution in [2.75, 3.05) is 7.11 Å². The maximum absolute atomic E-state index is 11.6. The minimum absolute atomic E-state index is 0.145. The molecule has 2 aliphatic rings. The van der Waals surface area contributed by atoms with Crippen molar-refractivity contribution in [1.82, 2.24) is 0 Å². The molecule has 0 amide bonds. The summed E-state index contributed by atoms with van der Waals surface area (Å²) in [6, 6.07) is 0. The molecule has 0 N–H and O–H groups in total. The van der Waals surface area contributed by atoms with Gasteiger partial charge in [-0.05, 0) is 19.8 Å². The van der Waals surface area contributed by atoms with Crippen molar-refractivity contribution in [3.05, 3.63) is 0 Å². The third-order valence-electron chi connectivity index (χ3n) is 3.82. The van der Waals surface area contributed by atoms with Crippen LogP contribution >= 0.6 is 0 Å². The normalized spacial score (nSPS) is 34.8. The number of cyclic esters (lactones) is 2. The summed E-state index contributed by atoms with van der Waals surface area (Å²) in [6.07, 6.45) is 0.330. The molecule has 1 saturated heterocycles. The van der Waals surface area contributed by atoms with Crippen molar-refractivity contribution in [2.45, 2.75) is 19.8 Å². The smallest absolute Gasteiger partial charge is 0.317 e. The maximum Gasteiger partial charge on any atom is 0.317 e. The van der Waals surface area contributed by atoms with Gasteiger partial charge in [0, 0.05) is 5.92 Å². The van der Waals surface area contributed by atoms with Crippen molar-refractivity contribution in [3.63, 3.8) is 0 Å². The summed E-state index contributed by atoms with van der Waals surface area (Å²) in [7, 11) is 1.24. The standard InChI is InChI=1S/C12H14O6/c1-5(13)6-3-8-9(12(16)18-11(8)15)4-7(6)10(14)17-2/h6-9H,3-4H2,1-2H3. The van der Waals surface area contributed by atoms with Gasteiger partial charge in [0.1, 0.15) is 5.78 Å². The van der Waals surface area contributed by atoms with Gasteiger partial charge in [-0.3, -0.25) is 19.2 Å². The summed E-state index contributed by atoms with van der Waals surface area (Å²) < 4.78 is 9.21. The fourth-order valence-electron chi connectivity index (χ4n) is 2.84. The summed E-state index contributed by atoms with van der Waals surface area (Å²) in [6.45, 7) is 1.38. The Bertz CT molecular complexity index is 426. The van der Waals surface area contributed by atoms with Gasteiger partial charge in [-0.25, -0.2) is 0 Å². The SMILES string of the molecule is COC(=O)C1CC2C(=O)OC(=O)C2CC1C(C)=O. The monoisotopic (exact) mass is 254 g/mol. The molecular weight excluding hydrogens is 240 g/mol. The number of carbonyl (C=O) groups excluding carboxylic acids is 4. The molecule has 4 unspecified atom stereocenters. The second kappa shape index (κ2) is 4.51. The summed E-state index contributed by atoms with van der Waals surface area (Å²) in [5.74, 6) is -4.30. The first-order valence-corrected chi connectivity index (χ1v) is 5.79. The van der Waals surface area contributed by atoms with Gasteiger partial charge in [-0.15, -0.1) is 0 Å². The number of Topliss-reactive ketones (excluding diaryl/α,β-unsaturated/α-hetero) is 1. The predicted molar refractivity (Wildman–Crippen MR) is 57.0 cm³/mol. The van der Waals surface area contributed by atoms with Gasteiger partial charge in [0.15, 0.2) is 0 Å². The first-order valence-electron chi connectivity index (χ1n) is 5.79. The lowest BCUT2D eigenvalue weighted by atomic mass is 9.68. The quantitative estimate of drug-likeness (QED) is 0.512. The molecule has 0 bridgehead atoms. The first kappa shape index (κ1) is 12.7. The van der Waals surface area contributed by atoms with Gasteiger partial charge >= 0.3 is 17.9 Å². The molecule has 1 saturated carbocycles. The summed E-state index contributed by atoms with van der Waals surface area (Å²) in [5, 5.41) is 0. The Balaban J connectivity index is 2.26. The van der Waals surface area contributed by atoms with Crippen LogP contribution in [0.25, 0.3) is 0 Å². The number of hydrogen-bond acceptors (Lipinski definition) is 6. The Hall–Kier alpha value is -1.72. The molecular formula is C12H14O6. The van der Waals surface area contributed by atoms with Gasteiger partial charge < -0.3 is 9.47 Å². The molecule has 4 atom stereocenters. The minimum atomic E-state index is -0.660. The number of ether oxygens (including phenoxy) is 2. The van der Waals surface area contributed by atoms with Gasteiger partial charge in [-0.1, -0.05) is 0 Å². The molecule has 2 rings (SSSR count). The van der Waals surface area contributed by atoms with E-state index >= 15 is 0 Å². The van der Waals surface area contributed by atoms with Crippen LogP contribution in [0.3, 0.4) is 0 Å². The second-order valence-corrected chi connectivity index (χ2v) is 4.77. The van der Waals surface area contributed by atoms with E-state index in [0.717, 1.165) is 0 Å². The van der Waals surface area contributed by atoms with E-state index in [2.05, 4.69) is 9.47 Å². The number of methoxy groups -OCH3 is 1. The van der Waals surface area contributed by atoms with Gasteiger partial charge in [-0.2, -0.15) is 0 Å². The fraction of sp³-hybridized carbons (Fsp3) is 0.667. The third kappa shape index (κ3) is 1.91. The lowest BCUT2D eigenvalue weighted by Crippen LogP contribution is -2.40. The van der Waals surface area contributed by atoms with E-state index in [0.29, 0.717) is 0 Å². The van der Waals surface area contributed by atoms with E-state index in [1.54, 1.807) is 0 Å². The molecule has 2 fully saturated rings. The van der Waals surface area contributed by atoms with E-state index in [-0.39, 0.29) is 18.6 Å². The van der Waals surface area contributed by atoms with Gasteiger partial charge in [0.05, 0.1) is 24.9 Å². The predicted octanol–water partition coefficient (Wildman–Crippen LogP) is 0.0904. The zero-order valence-corrected chi connectivity index (χ0v) is 10.2. The van der Waals surface area contributed by atoms with Crippen molar-refractivity contribution < 1.29 is 28.7 Å². The largest absolute Gasteiger partial charge is 0.469 e. The minimum Gasteiger partial charge on any atom is -0.469 e. The van der Waals surface area contributed by atoms with Crippen LogP contribution in [0.5, 0.6) is 0 Å². The molecule has 1 heterocycles. The highest BCUT2D eigenvalue weighted by molar-refractivity contribution is 5.98. The molecule has 6 nitrogen and oxygen atoms in total. The maximum atomic E-state index is 11.6. The highest BCUT2D eigenvalue weighted by Crippen LogP contribution is 2.43. The number of carbonyl (C=O) groups is 4. The molecule has 0 aromatic heterocycles. The summed E-state index contributed by atoms with van der Waals surface area (Å²) >= 11 is 0. The average molecular weight is 254 g/mol. The lowest BCUT2D eigenvalue weighted by molar-refractivity contribution is -0.154. The number of hydrogen-bond donors (Lipinski definition) is 0. The van der Waals surface area contributed by atoms with E-state index in [9.17, 15) is 19.2 Å². The Morgan fingerprint density at radius 1 is 1.11 bits per heavy atom. The molecule has 0 spiro atoms. The molecule has 6 heteroatoms. The van der Waals surface area contributed by atoms with Crippen molar-refractivity contribution in [1.29, 1.82) is 0 Å². The Kier molecular flexibility index (Phi) is 3.19. The van der Waals surface area contributed by atoms with Crippen molar-refractivity contribution in [3.8, 4) is 0 Å². The number of ketones is 1. The Labute approximate surface area is 104 Å². The second-order valence-electron chi connectivity index (χ2n) is 4.77. The molecule has 1 aliphatic carbocycles. The number of fused-ring (bicyclic) bond motifs is 1. The Morgan fingerprint density at radius 3 is 2.06 bits per heavy atom. The molecule has 0 aromatic carbocycles. The first-order chi connectivity index (χ1) is 8.45. The van der Waals surface area contributed by atoms with Crippen LogP contribution < -0.4 is 0 Å². The van der Waals surface area contributed by atoms with Gasteiger partial charge in [0.25, 0.3) is 0 Å². The molecule has 0 aromatic rings. The van der Waals surface area contributed by atoms with Crippen LogP contribution in [0, 0.1) is 23.7 Å². The highest BCUT2D eigenvalue weighted by atomic mass is 16.6. The van der Waals surface area contributed by atoms with Crippen molar-refractivity contribution in [2.24, 2.45) is 23.7 Å². The molecule has 98 valence electrons. The van der Waals surface area contributed by atoms with E-state index in [1.165, 1.54) is 14.0 Å². The summed E-state index contributed by atoms with van der Waals surface area (Å²) in [5.41, 5.74) is 0. The summed E-state index contributed by atoms with van der Waals surface area (Å²) in [4.78, 5) is 46.1. The zero-order chi connectivity index (χ0) is 13.4. The van der Waals surface area contributed by atoms with Crippen LogP contribution in [0.15, 0.2) is 0 Å². The fourth-order valence-corrected chi connectivity index (χ4v) is 2.84. The topological polar surface area (TPSA) is 86.7 Å². The van der Waals surface area contributed by atoms with Gasteiger partial charge in [0.2, 0.25) is 0 Å². The zero-order valence-electron chi connectivity index (χ0n) is 10.2. The molecule has 1 aliphatic heterocycles. The lowest BCUT2D eigenvalue weighted by Gasteiger charge is -2.32. The van der Waals surface area contributed by atoms with E-state index in [4.69, 9.17) is 0 Å². The average Bonchev–Trinajstić information content (AvgIpc) is 2.62. The van der Waals surface area contributed by atoms with Crippen molar-refractivity contribution >= 4 is 23.7 Å². The highest BCUT2D eigenvalue weighted by Gasteiger charge is 2.53. The van der Waals surface area contributed by atoms with E-state index < -0.39 is 41.6 Å². The number of esters is 3.